The zero-order chi connectivity index (χ0) is 18.6. The first kappa shape index (κ1) is 19.6. The molecule has 140 valence electrons. The molecule has 1 saturated heterocycles. The molecule has 1 aliphatic rings. The number of benzene rings is 1. The fourth-order valence-electron chi connectivity index (χ4n) is 2.99. The average Bonchev–Trinajstić information content (AvgIpc) is 3.10. The summed E-state index contributed by atoms with van der Waals surface area (Å²) in [5.74, 6) is 0. The van der Waals surface area contributed by atoms with Crippen LogP contribution in [0.15, 0.2) is 23.1 Å². The van der Waals surface area contributed by atoms with Crippen LogP contribution in [0, 0.1) is 10.1 Å². The Bertz CT molecular complexity index is 712. The second-order valence-corrected chi connectivity index (χ2v) is 7.95. The lowest BCUT2D eigenvalue weighted by Crippen LogP contribution is -2.31. The van der Waals surface area contributed by atoms with Gasteiger partial charge in [-0.25, -0.2) is 8.42 Å². The third-order valence-electron chi connectivity index (χ3n) is 4.41. The third kappa shape index (κ3) is 4.28. The van der Waals surface area contributed by atoms with Crippen LogP contribution in [-0.2, 0) is 14.8 Å². The largest absolute Gasteiger partial charge is 0.376 e. The van der Waals surface area contributed by atoms with Crippen LogP contribution in [0.1, 0.15) is 33.6 Å². The molecule has 1 N–H and O–H groups in total. The van der Waals surface area contributed by atoms with Crippen molar-refractivity contribution in [2.75, 3.05) is 25.0 Å². The van der Waals surface area contributed by atoms with Gasteiger partial charge in [0.05, 0.1) is 15.9 Å². The molecule has 1 aromatic rings. The van der Waals surface area contributed by atoms with Crippen molar-refractivity contribution in [1.29, 1.82) is 0 Å². The van der Waals surface area contributed by atoms with Gasteiger partial charge in [0.1, 0.15) is 5.69 Å². The summed E-state index contributed by atoms with van der Waals surface area (Å²) in [6, 6.07) is 3.88. The van der Waals surface area contributed by atoms with E-state index in [-0.39, 0.29) is 22.7 Å². The van der Waals surface area contributed by atoms with Crippen molar-refractivity contribution in [2.24, 2.45) is 0 Å². The van der Waals surface area contributed by atoms with E-state index >= 15 is 0 Å². The topological polar surface area (TPSA) is 102 Å². The van der Waals surface area contributed by atoms with Crippen LogP contribution in [0.25, 0.3) is 0 Å². The van der Waals surface area contributed by atoms with E-state index in [1.165, 1.54) is 16.4 Å². The average molecular weight is 371 g/mol. The van der Waals surface area contributed by atoms with E-state index in [4.69, 9.17) is 4.74 Å². The molecule has 2 atom stereocenters. The lowest BCUT2D eigenvalue weighted by molar-refractivity contribution is -0.384. The predicted octanol–water partition coefficient (Wildman–Crippen LogP) is 2.60. The molecule has 0 spiro atoms. The van der Waals surface area contributed by atoms with E-state index in [9.17, 15) is 18.5 Å². The molecule has 1 heterocycles. The Morgan fingerprint density at radius 1 is 1.40 bits per heavy atom. The number of hydrogen-bond acceptors (Lipinski definition) is 6. The van der Waals surface area contributed by atoms with Crippen LogP contribution < -0.4 is 5.32 Å². The number of nitrogens with one attached hydrogen (secondary N) is 1. The number of sulfonamides is 1. The summed E-state index contributed by atoms with van der Waals surface area (Å²) in [7, 11) is -3.74. The Kier molecular flexibility index (Phi) is 6.36. The fraction of sp³-hybridized carbons (Fsp3) is 0.625. The monoisotopic (exact) mass is 371 g/mol. The smallest absolute Gasteiger partial charge is 0.293 e. The normalized spacial score (nSPS) is 19.1. The second kappa shape index (κ2) is 8.11. The van der Waals surface area contributed by atoms with Crippen LogP contribution in [0.3, 0.4) is 0 Å². The van der Waals surface area contributed by atoms with Crippen LogP contribution >= 0.6 is 0 Å². The van der Waals surface area contributed by atoms with Gasteiger partial charge in [0, 0.05) is 31.8 Å². The molecule has 2 unspecified atom stereocenters. The third-order valence-corrected chi connectivity index (χ3v) is 6.46. The molecule has 0 amide bonds. The Balaban J connectivity index is 2.33. The van der Waals surface area contributed by atoms with Gasteiger partial charge in [-0.05, 0) is 31.9 Å². The van der Waals surface area contributed by atoms with Crippen LogP contribution in [0.2, 0.25) is 0 Å². The maximum atomic E-state index is 12.6. The van der Waals surface area contributed by atoms with Crippen molar-refractivity contribution in [1.82, 2.24) is 4.31 Å². The highest BCUT2D eigenvalue weighted by Crippen LogP contribution is 2.30. The molecule has 0 aromatic heterocycles. The number of anilines is 1. The Morgan fingerprint density at radius 2 is 2.08 bits per heavy atom. The van der Waals surface area contributed by atoms with Crippen molar-refractivity contribution in [3.63, 3.8) is 0 Å². The summed E-state index contributed by atoms with van der Waals surface area (Å²) in [5.41, 5.74) is 0.0459. The van der Waals surface area contributed by atoms with Crippen molar-refractivity contribution < 1.29 is 18.1 Å². The first-order chi connectivity index (χ1) is 11.8. The van der Waals surface area contributed by atoms with Crippen molar-refractivity contribution in [3.05, 3.63) is 28.3 Å². The van der Waals surface area contributed by atoms with Crippen molar-refractivity contribution in [3.8, 4) is 0 Å². The second-order valence-electron chi connectivity index (χ2n) is 6.01. The SMILES string of the molecule is CCN(CC)S(=O)(=O)c1ccc(NC(C)C2CCCO2)c([N+](=O)[O-])c1. The molecule has 25 heavy (non-hydrogen) atoms. The lowest BCUT2D eigenvalue weighted by atomic mass is 10.1. The van der Waals surface area contributed by atoms with Crippen LogP contribution in [0.5, 0.6) is 0 Å². The highest BCUT2D eigenvalue weighted by molar-refractivity contribution is 7.89. The molecule has 8 nitrogen and oxygen atoms in total. The number of nitro groups is 1. The number of nitrogens with zero attached hydrogens (tertiary/aromatic N) is 2. The van der Waals surface area contributed by atoms with E-state index in [2.05, 4.69) is 5.32 Å². The first-order valence-electron chi connectivity index (χ1n) is 8.48. The molecule has 0 aliphatic carbocycles. The van der Waals surface area contributed by atoms with Crippen molar-refractivity contribution in [2.45, 2.75) is 50.7 Å². The Labute approximate surface area is 148 Å². The van der Waals surface area contributed by atoms with Gasteiger partial charge in [-0.15, -0.1) is 0 Å². The standard InChI is InChI=1S/C16H25N3O5S/c1-4-18(5-2)25(22,23)13-8-9-14(15(11-13)19(20)21)17-12(3)16-7-6-10-24-16/h8-9,11-12,16-17H,4-7,10H2,1-3H3. The first-order valence-corrected chi connectivity index (χ1v) is 9.92. The fourth-order valence-corrected chi connectivity index (χ4v) is 4.47. The highest BCUT2D eigenvalue weighted by atomic mass is 32.2. The summed E-state index contributed by atoms with van der Waals surface area (Å²) in [6.07, 6.45) is 1.87. The predicted molar refractivity (Wildman–Crippen MR) is 95.3 cm³/mol. The van der Waals surface area contributed by atoms with Gasteiger partial charge < -0.3 is 10.1 Å². The quantitative estimate of drug-likeness (QED) is 0.557. The van der Waals surface area contributed by atoms with Crippen LogP contribution in [0.4, 0.5) is 11.4 Å². The molecule has 0 radical (unpaired) electrons. The molecule has 1 aromatic carbocycles. The Hall–Kier alpha value is -1.71. The lowest BCUT2D eigenvalue weighted by Gasteiger charge is -2.22. The summed E-state index contributed by atoms with van der Waals surface area (Å²) in [4.78, 5) is 10.8. The van der Waals surface area contributed by atoms with Gasteiger partial charge in [0.25, 0.3) is 5.69 Å². The van der Waals surface area contributed by atoms with Gasteiger partial charge in [0.2, 0.25) is 10.0 Å². The van der Waals surface area contributed by atoms with E-state index in [1.807, 2.05) is 6.92 Å². The van der Waals surface area contributed by atoms with Gasteiger partial charge in [-0.2, -0.15) is 4.31 Å². The van der Waals surface area contributed by atoms with Gasteiger partial charge >= 0.3 is 0 Å². The summed E-state index contributed by atoms with van der Waals surface area (Å²) < 4.78 is 32.0. The minimum absolute atomic E-state index is 0.00122. The Morgan fingerprint density at radius 3 is 2.60 bits per heavy atom. The maximum absolute atomic E-state index is 12.6. The molecule has 1 fully saturated rings. The number of hydrogen-bond donors (Lipinski definition) is 1. The molecule has 9 heteroatoms. The highest BCUT2D eigenvalue weighted by Gasteiger charge is 2.28. The molecule has 0 bridgehead atoms. The van der Waals surface area contributed by atoms with Crippen LogP contribution in [-0.4, -0.2) is 49.5 Å². The maximum Gasteiger partial charge on any atom is 0.293 e. The van der Waals surface area contributed by atoms with Gasteiger partial charge in [0.15, 0.2) is 0 Å². The molecule has 1 aliphatic heterocycles. The van der Waals surface area contributed by atoms with E-state index in [0.29, 0.717) is 25.4 Å². The van der Waals surface area contributed by atoms with Gasteiger partial charge in [-0.3, -0.25) is 10.1 Å². The van der Waals surface area contributed by atoms with E-state index in [1.54, 1.807) is 13.8 Å². The molecular formula is C16H25N3O5S. The number of nitro benzene ring substituents is 1. The molecule has 0 saturated carbocycles. The number of ether oxygens (including phenoxy) is 1. The van der Waals surface area contributed by atoms with Crippen molar-refractivity contribution >= 4 is 21.4 Å². The zero-order valence-electron chi connectivity index (χ0n) is 14.8. The summed E-state index contributed by atoms with van der Waals surface area (Å²) in [5, 5.41) is 14.5. The minimum atomic E-state index is -3.74. The van der Waals surface area contributed by atoms with Gasteiger partial charge in [-0.1, -0.05) is 13.8 Å². The van der Waals surface area contributed by atoms with E-state index < -0.39 is 14.9 Å². The minimum Gasteiger partial charge on any atom is -0.376 e. The molecule has 2 rings (SSSR count). The zero-order valence-corrected chi connectivity index (χ0v) is 15.6. The van der Waals surface area contributed by atoms with E-state index in [0.717, 1.165) is 18.9 Å². The summed E-state index contributed by atoms with van der Waals surface area (Å²) in [6.45, 7) is 6.68. The molecular weight excluding hydrogens is 346 g/mol. The summed E-state index contributed by atoms with van der Waals surface area (Å²) >= 11 is 0. The number of rotatable bonds is 8.